The Balaban J connectivity index is 1.57. The molecule has 29 heavy (non-hydrogen) atoms. The second-order valence-corrected chi connectivity index (χ2v) is 7.13. The molecule has 2 aliphatic heterocycles. The largest absolute Gasteiger partial charge is 0.362 e. The number of aliphatic imine (C=N–C) groups is 1. The van der Waals surface area contributed by atoms with Crippen LogP contribution in [-0.2, 0) is 9.59 Å². The molecule has 152 valence electrons. The molecule has 0 radical (unpaired) electrons. The van der Waals surface area contributed by atoms with Crippen molar-refractivity contribution in [1.82, 2.24) is 15.1 Å². The lowest BCUT2D eigenvalue weighted by Gasteiger charge is -2.36. The van der Waals surface area contributed by atoms with Crippen LogP contribution in [0.2, 0.25) is 0 Å². The molecule has 2 fully saturated rings. The fraction of sp³-hybridized carbons (Fsp3) is 0.350. The summed E-state index contributed by atoms with van der Waals surface area (Å²) in [7, 11) is 0. The van der Waals surface area contributed by atoms with E-state index < -0.39 is 17.5 Å². The van der Waals surface area contributed by atoms with Gasteiger partial charge in [0, 0.05) is 31.2 Å². The van der Waals surface area contributed by atoms with Crippen molar-refractivity contribution < 1.29 is 14.4 Å². The molecule has 4 amide bonds. The van der Waals surface area contributed by atoms with E-state index in [1.165, 1.54) is 12.3 Å². The number of hydrogen-bond donors (Lipinski definition) is 3. The number of urea groups is 1. The molecule has 3 N–H and O–H groups in total. The number of piperidine rings is 1. The molecule has 2 heterocycles. The van der Waals surface area contributed by atoms with Crippen LogP contribution in [0, 0.1) is 12.3 Å². The van der Waals surface area contributed by atoms with Crippen molar-refractivity contribution in [2.45, 2.75) is 25.3 Å². The van der Waals surface area contributed by atoms with Crippen molar-refractivity contribution in [3.05, 3.63) is 42.1 Å². The van der Waals surface area contributed by atoms with Crippen molar-refractivity contribution in [3.8, 4) is 0 Å². The van der Waals surface area contributed by atoms with Crippen LogP contribution < -0.4 is 10.6 Å². The number of carbonyl (C=O) groups is 3. The first-order valence-electron chi connectivity index (χ1n) is 9.37. The summed E-state index contributed by atoms with van der Waals surface area (Å²) in [5.41, 5.74) is 0.726. The highest BCUT2D eigenvalue weighted by molar-refractivity contribution is 6.10. The van der Waals surface area contributed by atoms with Gasteiger partial charge in [-0.15, -0.1) is 0 Å². The second kappa shape index (κ2) is 8.68. The molecule has 0 aromatic heterocycles. The summed E-state index contributed by atoms with van der Waals surface area (Å²) in [6, 6.07) is 6.75. The number of carbonyl (C=O) groups excluding carboxylic acids is 3. The standard InChI is InChI=1S/C20H24N6O3/c1-15-3-5-16(6-4-15)23-17(27)13-26-18(28)20(24-19(26)29)7-11-25(12-8-20)14-22-10-2-9-21/h2-6,9-10,14,21H,7-8,11-13H2,1H3,(H,23,27)(H,24,29)/b10-2-,21-9?,22-14?. The van der Waals surface area contributed by atoms with E-state index in [-0.39, 0.29) is 12.5 Å². The minimum absolute atomic E-state index is 0.320. The van der Waals surface area contributed by atoms with E-state index in [9.17, 15) is 14.4 Å². The average molecular weight is 396 g/mol. The molecular formula is C20H24N6O3. The molecule has 0 aliphatic carbocycles. The minimum atomic E-state index is -0.962. The maximum absolute atomic E-state index is 12.9. The van der Waals surface area contributed by atoms with Gasteiger partial charge in [0.15, 0.2) is 0 Å². The first-order valence-corrected chi connectivity index (χ1v) is 9.37. The molecule has 0 saturated carbocycles. The smallest absolute Gasteiger partial charge is 0.325 e. The van der Waals surface area contributed by atoms with Gasteiger partial charge in [-0.3, -0.25) is 14.5 Å². The van der Waals surface area contributed by atoms with E-state index in [1.807, 2.05) is 24.0 Å². The lowest BCUT2D eigenvalue weighted by Crippen LogP contribution is -2.54. The normalized spacial score (nSPS) is 18.7. The molecule has 0 unspecified atom stereocenters. The predicted molar refractivity (Wildman–Crippen MR) is 110 cm³/mol. The van der Waals surface area contributed by atoms with E-state index in [2.05, 4.69) is 15.6 Å². The van der Waals surface area contributed by atoms with Crippen LogP contribution in [0.15, 0.2) is 41.5 Å². The van der Waals surface area contributed by atoms with Gasteiger partial charge in [0.2, 0.25) is 5.91 Å². The number of hydrogen-bond acceptors (Lipinski definition) is 5. The number of nitrogens with one attached hydrogen (secondary N) is 3. The average Bonchev–Trinajstić information content (AvgIpc) is 2.93. The molecule has 9 heteroatoms. The van der Waals surface area contributed by atoms with E-state index in [0.29, 0.717) is 31.6 Å². The highest BCUT2D eigenvalue weighted by Gasteiger charge is 2.52. The summed E-state index contributed by atoms with van der Waals surface area (Å²) < 4.78 is 0. The van der Waals surface area contributed by atoms with Gasteiger partial charge in [0.05, 0.1) is 6.34 Å². The SMILES string of the molecule is Cc1ccc(NC(=O)CN2C(=O)NC3(CCN(C=N/C=C\C=N)CC3)C2=O)cc1. The van der Waals surface area contributed by atoms with Crippen LogP contribution >= 0.6 is 0 Å². The Morgan fingerprint density at radius 2 is 1.97 bits per heavy atom. The zero-order valence-corrected chi connectivity index (χ0v) is 16.2. The Kier molecular flexibility index (Phi) is 6.06. The van der Waals surface area contributed by atoms with Gasteiger partial charge in [-0.2, -0.15) is 0 Å². The van der Waals surface area contributed by atoms with E-state index >= 15 is 0 Å². The van der Waals surface area contributed by atoms with Crippen molar-refractivity contribution in [3.63, 3.8) is 0 Å². The molecule has 1 aromatic carbocycles. The number of aryl methyl sites for hydroxylation is 1. The summed E-state index contributed by atoms with van der Waals surface area (Å²) in [5, 5.41) is 12.4. The summed E-state index contributed by atoms with van der Waals surface area (Å²) in [6.07, 6.45) is 6.68. The van der Waals surface area contributed by atoms with Crippen LogP contribution in [-0.4, -0.2) is 65.4 Å². The molecule has 2 saturated heterocycles. The predicted octanol–water partition coefficient (Wildman–Crippen LogP) is 1.51. The third kappa shape index (κ3) is 4.68. The Labute approximate surface area is 169 Å². The number of nitrogens with zero attached hydrogens (tertiary/aromatic N) is 3. The van der Waals surface area contributed by atoms with E-state index in [1.54, 1.807) is 18.5 Å². The maximum atomic E-state index is 12.9. The second-order valence-electron chi connectivity index (χ2n) is 7.13. The number of allylic oxidation sites excluding steroid dienone is 1. The fourth-order valence-electron chi connectivity index (χ4n) is 3.39. The quantitative estimate of drug-likeness (QED) is 0.384. The summed E-state index contributed by atoms with van der Waals surface area (Å²) >= 11 is 0. The monoisotopic (exact) mass is 396 g/mol. The number of imide groups is 1. The zero-order valence-electron chi connectivity index (χ0n) is 16.2. The van der Waals surface area contributed by atoms with Crippen molar-refractivity contribution in [2.75, 3.05) is 25.0 Å². The van der Waals surface area contributed by atoms with Crippen molar-refractivity contribution in [1.29, 1.82) is 5.41 Å². The Morgan fingerprint density at radius 1 is 1.28 bits per heavy atom. The van der Waals surface area contributed by atoms with Gasteiger partial charge in [-0.05, 0) is 38.0 Å². The third-order valence-electron chi connectivity index (χ3n) is 5.03. The molecule has 2 aliphatic rings. The summed E-state index contributed by atoms with van der Waals surface area (Å²) in [6.45, 7) is 2.73. The van der Waals surface area contributed by atoms with E-state index in [4.69, 9.17) is 5.41 Å². The van der Waals surface area contributed by atoms with Gasteiger partial charge in [0.25, 0.3) is 5.91 Å². The van der Waals surface area contributed by atoms with Crippen molar-refractivity contribution >= 4 is 36.1 Å². The van der Waals surface area contributed by atoms with Gasteiger partial charge < -0.3 is 20.9 Å². The van der Waals surface area contributed by atoms with Crippen molar-refractivity contribution in [2.24, 2.45) is 4.99 Å². The minimum Gasteiger partial charge on any atom is -0.362 e. The molecule has 9 nitrogen and oxygen atoms in total. The van der Waals surface area contributed by atoms with Crippen LogP contribution in [0.3, 0.4) is 0 Å². The van der Waals surface area contributed by atoms with Crippen LogP contribution in [0.25, 0.3) is 0 Å². The summed E-state index contributed by atoms with van der Waals surface area (Å²) in [4.78, 5) is 44.6. The van der Waals surface area contributed by atoms with Gasteiger partial charge in [-0.25, -0.2) is 9.79 Å². The Morgan fingerprint density at radius 3 is 2.62 bits per heavy atom. The summed E-state index contributed by atoms with van der Waals surface area (Å²) in [5.74, 6) is -0.779. The van der Waals surface area contributed by atoms with Crippen LogP contribution in [0.5, 0.6) is 0 Å². The molecule has 0 bridgehead atoms. The highest BCUT2D eigenvalue weighted by atomic mass is 16.2. The first-order chi connectivity index (χ1) is 13.9. The number of rotatable bonds is 6. The molecular weight excluding hydrogens is 372 g/mol. The number of amides is 4. The highest BCUT2D eigenvalue weighted by Crippen LogP contribution is 2.29. The van der Waals surface area contributed by atoms with Crippen LogP contribution in [0.4, 0.5) is 10.5 Å². The Hall–Kier alpha value is -3.49. The van der Waals surface area contributed by atoms with Gasteiger partial charge >= 0.3 is 6.03 Å². The van der Waals surface area contributed by atoms with Crippen LogP contribution in [0.1, 0.15) is 18.4 Å². The zero-order chi connectivity index (χ0) is 20.9. The molecule has 0 atom stereocenters. The molecule has 1 aromatic rings. The Bertz CT molecular complexity index is 853. The number of likely N-dealkylation sites (tertiary alicyclic amines) is 1. The van der Waals surface area contributed by atoms with E-state index in [0.717, 1.165) is 16.7 Å². The lowest BCUT2D eigenvalue weighted by molar-refractivity contribution is -0.135. The number of anilines is 1. The topological polar surface area (TPSA) is 118 Å². The fourth-order valence-corrected chi connectivity index (χ4v) is 3.39. The van der Waals surface area contributed by atoms with Gasteiger partial charge in [0.1, 0.15) is 12.1 Å². The number of benzene rings is 1. The first kappa shape index (κ1) is 20.2. The maximum Gasteiger partial charge on any atom is 0.325 e. The third-order valence-corrected chi connectivity index (χ3v) is 5.03. The molecule has 3 rings (SSSR count). The molecule has 1 spiro atoms. The van der Waals surface area contributed by atoms with Gasteiger partial charge in [-0.1, -0.05) is 17.7 Å². The lowest BCUT2D eigenvalue weighted by atomic mass is 9.87.